The Morgan fingerprint density at radius 3 is 2.69 bits per heavy atom. The first-order valence-corrected chi connectivity index (χ1v) is 4.55. The molecule has 0 atom stereocenters. The SMILES string of the molecule is COC(=O)c1cccc(N)c1NCC(N)=O. The maximum Gasteiger partial charge on any atom is 0.340 e. The van der Waals surface area contributed by atoms with Crippen LogP contribution in [0.25, 0.3) is 0 Å². The average Bonchev–Trinajstić information content (AvgIpc) is 2.25. The zero-order valence-electron chi connectivity index (χ0n) is 8.82. The van der Waals surface area contributed by atoms with Crippen LogP contribution in [0.2, 0.25) is 0 Å². The maximum absolute atomic E-state index is 11.4. The predicted molar refractivity (Wildman–Crippen MR) is 59.9 cm³/mol. The van der Waals surface area contributed by atoms with Gasteiger partial charge in [-0.15, -0.1) is 0 Å². The lowest BCUT2D eigenvalue weighted by Crippen LogP contribution is -2.23. The summed E-state index contributed by atoms with van der Waals surface area (Å²) in [5, 5.41) is 2.70. The normalized spacial score (nSPS) is 9.56. The highest BCUT2D eigenvalue weighted by Crippen LogP contribution is 2.23. The summed E-state index contributed by atoms with van der Waals surface area (Å²) in [7, 11) is 1.27. The smallest absolute Gasteiger partial charge is 0.340 e. The van der Waals surface area contributed by atoms with Crippen LogP contribution in [0.1, 0.15) is 10.4 Å². The molecule has 0 spiro atoms. The number of ether oxygens (including phenoxy) is 1. The molecule has 5 N–H and O–H groups in total. The first-order chi connectivity index (χ1) is 7.56. The van der Waals surface area contributed by atoms with E-state index in [0.29, 0.717) is 11.4 Å². The zero-order valence-corrected chi connectivity index (χ0v) is 8.82. The predicted octanol–water partition coefficient (Wildman–Crippen LogP) is -0.0474. The molecule has 6 heteroatoms. The summed E-state index contributed by atoms with van der Waals surface area (Å²) in [6, 6.07) is 4.78. The van der Waals surface area contributed by atoms with Gasteiger partial charge in [0.15, 0.2) is 0 Å². The molecule has 0 aliphatic carbocycles. The quantitative estimate of drug-likeness (QED) is 0.490. The van der Waals surface area contributed by atoms with Gasteiger partial charge in [0.05, 0.1) is 30.6 Å². The van der Waals surface area contributed by atoms with Gasteiger partial charge in [0.25, 0.3) is 0 Å². The van der Waals surface area contributed by atoms with Gasteiger partial charge >= 0.3 is 5.97 Å². The number of esters is 1. The van der Waals surface area contributed by atoms with Crippen LogP contribution in [-0.4, -0.2) is 25.5 Å². The van der Waals surface area contributed by atoms with E-state index in [-0.39, 0.29) is 12.1 Å². The van der Waals surface area contributed by atoms with E-state index >= 15 is 0 Å². The number of anilines is 2. The fourth-order valence-electron chi connectivity index (χ4n) is 1.22. The molecule has 1 amide bonds. The van der Waals surface area contributed by atoms with Crippen molar-refractivity contribution in [3.8, 4) is 0 Å². The molecule has 0 fully saturated rings. The molecule has 0 aliphatic heterocycles. The zero-order chi connectivity index (χ0) is 12.1. The molecule has 0 aromatic heterocycles. The third kappa shape index (κ3) is 2.63. The van der Waals surface area contributed by atoms with Crippen LogP contribution >= 0.6 is 0 Å². The van der Waals surface area contributed by atoms with Crippen LogP contribution in [0.15, 0.2) is 18.2 Å². The highest BCUT2D eigenvalue weighted by Gasteiger charge is 2.14. The van der Waals surface area contributed by atoms with Crippen LogP contribution in [0.5, 0.6) is 0 Å². The Balaban J connectivity index is 3.03. The Morgan fingerprint density at radius 2 is 2.12 bits per heavy atom. The van der Waals surface area contributed by atoms with Crippen LogP contribution in [0.4, 0.5) is 11.4 Å². The maximum atomic E-state index is 11.4. The summed E-state index contributed by atoms with van der Waals surface area (Å²) >= 11 is 0. The summed E-state index contributed by atoms with van der Waals surface area (Å²) < 4.78 is 4.59. The van der Waals surface area contributed by atoms with E-state index in [9.17, 15) is 9.59 Å². The lowest BCUT2D eigenvalue weighted by molar-refractivity contribution is -0.116. The minimum Gasteiger partial charge on any atom is -0.465 e. The van der Waals surface area contributed by atoms with Gasteiger partial charge in [-0.1, -0.05) is 6.07 Å². The standard InChI is InChI=1S/C10H13N3O3/c1-16-10(15)6-3-2-4-7(11)9(6)13-5-8(12)14/h2-4,13H,5,11H2,1H3,(H2,12,14). The number of hydrogen-bond donors (Lipinski definition) is 3. The van der Waals surface area contributed by atoms with Crippen molar-refractivity contribution in [2.45, 2.75) is 0 Å². The van der Waals surface area contributed by atoms with Crippen molar-refractivity contribution in [3.05, 3.63) is 23.8 Å². The molecule has 16 heavy (non-hydrogen) atoms. The number of para-hydroxylation sites is 1. The first-order valence-electron chi connectivity index (χ1n) is 4.55. The van der Waals surface area contributed by atoms with Crippen molar-refractivity contribution in [3.63, 3.8) is 0 Å². The molecule has 0 bridgehead atoms. The van der Waals surface area contributed by atoms with Crippen molar-refractivity contribution in [1.82, 2.24) is 0 Å². The number of benzene rings is 1. The van der Waals surface area contributed by atoms with Crippen molar-refractivity contribution in [1.29, 1.82) is 0 Å². The third-order valence-electron chi connectivity index (χ3n) is 1.94. The third-order valence-corrected chi connectivity index (χ3v) is 1.94. The number of nitrogens with two attached hydrogens (primary N) is 2. The fraction of sp³-hybridized carbons (Fsp3) is 0.200. The number of methoxy groups -OCH3 is 1. The van der Waals surface area contributed by atoms with Crippen LogP contribution in [0, 0.1) is 0 Å². The minimum atomic E-state index is -0.543. The number of nitrogens with one attached hydrogen (secondary N) is 1. The summed E-state index contributed by atoms with van der Waals surface area (Å²) in [6.45, 7) is -0.0990. The van der Waals surface area contributed by atoms with E-state index in [0.717, 1.165) is 0 Å². The van der Waals surface area contributed by atoms with Crippen molar-refractivity contribution in [2.75, 3.05) is 24.7 Å². The average molecular weight is 223 g/mol. The summed E-state index contributed by atoms with van der Waals surface area (Å²) in [6.07, 6.45) is 0. The summed E-state index contributed by atoms with van der Waals surface area (Å²) in [5.41, 5.74) is 11.6. The molecule has 1 rings (SSSR count). The van der Waals surface area contributed by atoms with Gasteiger partial charge < -0.3 is 21.5 Å². The van der Waals surface area contributed by atoms with Crippen LogP contribution < -0.4 is 16.8 Å². The number of primary amides is 1. The van der Waals surface area contributed by atoms with Gasteiger partial charge in [0.1, 0.15) is 0 Å². The van der Waals surface area contributed by atoms with Gasteiger partial charge in [-0.2, -0.15) is 0 Å². The second kappa shape index (κ2) is 5.01. The number of carbonyl (C=O) groups is 2. The van der Waals surface area contributed by atoms with E-state index < -0.39 is 11.9 Å². The lowest BCUT2D eigenvalue weighted by atomic mass is 10.1. The van der Waals surface area contributed by atoms with E-state index in [2.05, 4.69) is 10.1 Å². The molecule has 0 radical (unpaired) electrons. The molecular weight excluding hydrogens is 210 g/mol. The van der Waals surface area contributed by atoms with Gasteiger partial charge in [-0.05, 0) is 12.1 Å². The highest BCUT2D eigenvalue weighted by molar-refractivity contribution is 5.99. The van der Waals surface area contributed by atoms with Crippen molar-refractivity contribution in [2.24, 2.45) is 5.73 Å². The second-order valence-corrected chi connectivity index (χ2v) is 3.08. The van der Waals surface area contributed by atoms with Gasteiger partial charge in [0, 0.05) is 0 Å². The number of nitrogen functional groups attached to an aromatic ring is 1. The minimum absolute atomic E-state index is 0.0990. The Morgan fingerprint density at radius 1 is 1.44 bits per heavy atom. The summed E-state index contributed by atoms with van der Waals surface area (Å²) in [4.78, 5) is 22.0. The first kappa shape index (κ1) is 11.8. The van der Waals surface area contributed by atoms with Crippen molar-refractivity contribution < 1.29 is 14.3 Å². The fourth-order valence-corrected chi connectivity index (χ4v) is 1.22. The van der Waals surface area contributed by atoms with E-state index in [1.807, 2.05) is 0 Å². The van der Waals surface area contributed by atoms with Gasteiger partial charge in [0.2, 0.25) is 5.91 Å². The molecule has 0 saturated heterocycles. The highest BCUT2D eigenvalue weighted by atomic mass is 16.5. The molecule has 0 saturated carbocycles. The van der Waals surface area contributed by atoms with E-state index in [1.54, 1.807) is 18.2 Å². The van der Waals surface area contributed by atoms with E-state index in [4.69, 9.17) is 11.5 Å². The Labute approximate surface area is 92.6 Å². The topological polar surface area (TPSA) is 107 Å². The van der Waals surface area contributed by atoms with Gasteiger partial charge in [-0.25, -0.2) is 4.79 Å². The number of rotatable bonds is 4. The van der Waals surface area contributed by atoms with Crippen LogP contribution in [-0.2, 0) is 9.53 Å². The molecule has 0 aliphatic rings. The molecule has 6 nitrogen and oxygen atoms in total. The number of carbonyl (C=O) groups excluding carboxylic acids is 2. The number of hydrogen-bond acceptors (Lipinski definition) is 5. The van der Waals surface area contributed by atoms with E-state index in [1.165, 1.54) is 7.11 Å². The monoisotopic (exact) mass is 223 g/mol. The summed E-state index contributed by atoms with van der Waals surface area (Å²) in [5.74, 6) is -1.07. The molecule has 0 unspecified atom stereocenters. The van der Waals surface area contributed by atoms with Gasteiger partial charge in [-0.3, -0.25) is 4.79 Å². The molecule has 1 aromatic carbocycles. The molecule has 1 aromatic rings. The second-order valence-electron chi connectivity index (χ2n) is 3.08. The van der Waals surface area contributed by atoms with Crippen molar-refractivity contribution >= 4 is 23.3 Å². The molecule has 0 heterocycles. The lowest BCUT2D eigenvalue weighted by Gasteiger charge is -2.11. The Kier molecular flexibility index (Phi) is 3.71. The Bertz CT molecular complexity index is 418. The number of amides is 1. The molecular formula is C10H13N3O3. The Hall–Kier alpha value is -2.24. The largest absolute Gasteiger partial charge is 0.465 e. The molecule has 86 valence electrons. The van der Waals surface area contributed by atoms with Crippen LogP contribution in [0.3, 0.4) is 0 Å².